The average Bonchev–Trinajstić information content (AvgIpc) is 3.37. The first-order chi connectivity index (χ1) is 35.0. The molecule has 0 aromatic rings. The Kier molecular flexibility index (Phi) is 59.9. The van der Waals surface area contributed by atoms with Gasteiger partial charge in [-0.05, 0) is 51.4 Å². The molecule has 0 aliphatic heterocycles. The van der Waals surface area contributed by atoms with Gasteiger partial charge in [0.15, 0.2) is 0 Å². The Labute approximate surface area is 444 Å². The molecule has 6 nitrogen and oxygen atoms in total. The minimum absolute atomic E-state index is 0.00193. The van der Waals surface area contributed by atoms with E-state index in [2.05, 4.69) is 31.3 Å². The zero-order chi connectivity index (χ0) is 51.4. The summed E-state index contributed by atoms with van der Waals surface area (Å²) in [5.74, 6) is -0.0379. The van der Waals surface area contributed by atoms with Gasteiger partial charge >= 0.3 is 5.97 Å². The van der Waals surface area contributed by atoms with Crippen LogP contribution in [0.5, 0.6) is 0 Å². The van der Waals surface area contributed by atoms with Crippen LogP contribution in [0.1, 0.15) is 367 Å². The Morgan fingerprint density at radius 3 is 1.00 bits per heavy atom. The lowest BCUT2D eigenvalue weighted by Gasteiger charge is -2.22. The molecule has 0 aliphatic rings. The second-order valence-electron chi connectivity index (χ2n) is 22.5. The number of hydrogen-bond acceptors (Lipinski definition) is 5. The Balaban J connectivity index is 3.41. The summed E-state index contributed by atoms with van der Waals surface area (Å²) in [5.41, 5.74) is 0. The van der Waals surface area contributed by atoms with E-state index in [1.807, 2.05) is 0 Å². The van der Waals surface area contributed by atoms with E-state index < -0.39 is 12.1 Å². The zero-order valence-electron chi connectivity index (χ0n) is 48.2. The van der Waals surface area contributed by atoms with Crippen LogP contribution in [0.4, 0.5) is 0 Å². The van der Waals surface area contributed by atoms with Gasteiger partial charge in [-0.15, -0.1) is 0 Å². The number of esters is 1. The molecule has 0 aromatic carbocycles. The van der Waals surface area contributed by atoms with Crippen molar-refractivity contribution in [2.24, 2.45) is 0 Å². The predicted molar refractivity (Wildman–Crippen MR) is 310 cm³/mol. The van der Waals surface area contributed by atoms with Crippen LogP contribution < -0.4 is 5.32 Å². The highest BCUT2D eigenvalue weighted by molar-refractivity contribution is 5.76. The number of unbranched alkanes of at least 4 members (excludes halogenated alkanes) is 48. The maximum Gasteiger partial charge on any atom is 0.305 e. The Morgan fingerprint density at radius 1 is 0.380 bits per heavy atom. The maximum absolute atomic E-state index is 12.5. The number of carbonyl (C=O) groups excluding carboxylic acids is 2. The van der Waals surface area contributed by atoms with E-state index in [4.69, 9.17) is 4.74 Å². The van der Waals surface area contributed by atoms with Crippen molar-refractivity contribution in [2.45, 2.75) is 379 Å². The predicted octanol–water partition coefficient (Wildman–Crippen LogP) is 20.4. The number of carbonyl (C=O) groups is 2. The maximum atomic E-state index is 12.5. The van der Waals surface area contributed by atoms with Crippen LogP contribution in [0.15, 0.2) is 12.2 Å². The first-order valence-electron chi connectivity index (χ1n) is 32.4. The SMILES string of the molecule is CCCCCCC/C=C\CCCCCCCC(=O)OCCCCCCCCCCCCCCCCCCCC(=O)NC(CO)C(O)CCCCCCCCCCCCCCCCCCCCCCCCC. The summed E-state index contributed by atoms with van der Waals surface area (Å²) in [7, 11) is 0. The first kappa shape index (κ1) is 69.6. The molecule has 0 rings (SSSR count). The highest BCUT2D eigenvalue weighted by atomic mass is 16.5. The molecule has 0 fully saturated rings. The molecule has 71 heavy (non-hydrogen) atoms. The topological polar surface area (TPSA) is 95.9 Å². The van der Waals surface area contributed by atoms with Gasteiger partial charge in [-0.2, -0.15) is 0 Å². The van der Waals surface area contributed by atoms with E-state index in [1.165, 1.54) is 289 Å². The third-order valence-electron chi connectivity index (χ3n) is 15.3. The second kappa shape index (κ2) is 61.1. The molecule has 0 heterocycles. The van der Waals surface area contributed by atoms with Crippen LogP contribution in [0, 0.1) is 0 Å². The van der Waals surface area contributed by atoms with Gasteiger partial charge in [0.05, 0.1) is 25.4 Å². The third-order valence-corrected chi connectivity index (χ3v) is 15.3. The number of allylic oxidation sites excluding steroid dienone is 2. The van der Waals surface area contributed by atoms with Crippen LogP contribution in [-0.4, -0.2) is 47.4 Å². The number of rotatable bonds is 61. The number of hydrogen-bond donors (Lipinski definition) is 3. The van der Waals surface area contributed by atoms with E-state index in [0.29, 0.717) is 25.9 Å². The molecule has 0 saturated carbocycles. The van der Waals surface area contributed by atoms with Gasteiger partial charge in [-0.25, -0.2) is 0 Å². The quantitative estimate of drug-likeness (QED) is 0.0320. The van der Waals surface area contributed by atoms with Crippen LogP contribution in [0.2, 0.25) is 0 Å². The molecule has 422 valence electrons. The molecular weight excluding hydrogens is 875 g/mol. The third kappa shape index (κ3) is 57.7. The van der Waals surface area contributed by atoms with E-state index in [-0.39, 0.29) is 18.5 Å². The van der Waals surface area contributed by atoms with Gasteiger partial charge in [0.25, 0.3) is 0 Å². The zero-order valence-corrected chi connectivity index (χ0v) is 48.2. The van der Waals surface area contributed by atoms with Crippen molar-refractivity contribution in [3.63, 3.8) is 0 Å². The van der Waals surface area contributed by atoms with Crippen molar-refractivity contribution < 1.29 is 24.5 Å². The molecular formula is C65H127NO5. The molecule has 2 atom stereocenters. The highest BCUT2D eigenvalue weighted by Crippen LogP contribution is 2.18. The van der Waals surface area contributed by atoms with Crippen LogP contribution in [-0.2, 0) is 14.3 Å². The average molecular weight is 1000 g/mol. The molecule has 6 heteroatoms. The summed E-state index contributed by atoms with van der Waals surface area (Å²) in [6.07, 6.45) is 73.7. The molecule has 3 N–H and O–H groups in total. The number of ether oxygens (including phenoxy) is 1. The Hall–Kier alpha value is -1.40. The van der Waals surface area contributed by atoms with E-state index in [0.717, 1.165) is 44.9 Å². The molecule has 0 aromatic heterocycles. The van der Waals surface area contributed by atoms with E-state index in [1.54, 1.807) is 0 Å². The summed E-state index contributed by atoms with van der Waals surface area (Å²) < 4.78 is 5.48. The number of aliphatic hydroxyl groups is 2. The second-order valence-corrected chi connectivity index (χ2v) is 22.5. The lowest BCUT2D eigenvalue weighted by molar-refractivity contribution is -0.143. The minimum atomic E-state index is -0.669. The molecule has 0 bridgehead atoms. The fraction of sp³-hybridized carbons (Fsp3) is 0.938. The van der Waals surface area contributed by atoms with Gasteiger partial charge in [0, 0.05) is 12.8 Å². The van der Waals surface area contributed by atoms with Gasteiger partial charge in [0.2, 0.25) is 5.91 Å². The Bertz CT molecular complexity index is 1060. The summed E-state index contributed by atoms with van der Waals surface area (Å²) in [5, 5.41) is 23.4. The van der Waals surface area contributed by atoms with Gasteiger partial charge in [-0.3, -0.25) is 9.59 Å². The minimum Gasteiger partial charge on any atom is -0.466 e. The molecule has 1 amide bonds. The fourth-order valence-electron chi connectivity index (χ4n) is 10.3. The first-order valence-corrected chi connectivity index (χ1v) is 32.4. The summed E-state index contributed by atoms with van der Waals surface area (Å²) in [4.78, 5) is 24.6. The van der Waals surface area contributed by atoms with Crippen molar-refractivity contribution in [3.8, 4) is 0 Å². The Morgan fingerprint density at radius 2 is 0.662 bits per heavy atom. The normalized spacial score (nSPS) is 12.6. The highest BCUT2D eigenvalue weighted by Gasteiger charge is 2.20. The molecule has 0 saturated heterocycles. The number of amides is 1. The van der Waals surface area contributed by atoms with E-state index >= 15 is 0 Å². The monoisotopic (exact) mass is 1000 g/mol. The molecule has 0 aliphatic carbocycles. The smallest absolute Gasteiger partial charge is 0.305 e. The van der Waals surface area contributed by atoms with Gasteiger partial charge in [-0.1, -0.05) is 315 Å². The fourth-order valence-corrected chi connectivity index (χ4v) is 10.3. The van der Waals surface area contributed by atoms with Crippen molar-refractivity contribution in [2.75, 3.05) is 13.2 Å². The van der Waals surface area contributed by atoms with E-state index in [9.17, 15) is 19.8 Å². The van der Waals surface area contributed by atoms with Crippen molar-refractivity contribution >= 4 is 11.9 Å². The molecule has 0 radical (unpaired) electrons. The summed E-state index contributed by atoms with van der Waals surface area (Å²) >= 11 is 0. The number of nitrogens with one attached hydrogen (secondary N) is 1. The van der Waals surface area contributed by atoms with Crippen molar-refractivity contribution in [3.05, 3.63) is 12.2 Å². The summed E-state index contributed by atoms with van der Waals surface area (Å²) in [6, 6.07) is -0.546. The van der Waals surface area contributed by atoms with Gasteiger partial charge in [0.1, 0.15) is 0 Å². The van der Waals surface area contributed by atoms with Crippen LogP contribution in [0.3, 0.4) is 0 Å². The molecule has 2 unspecified atom stereocenters. The largest absolute Gasteiger partial charge is 0.466 e. The van der Waals surface area contributed by atoms with Gasteiger partial charge < -0.3 is 20.3 Å². The van der Waals surface area contributed by atoms with Crippen molar-refractivity contribution in [1.29, 1.82) is 0 Å². The van der Waals surface area contributed by atoms with Crippen molar-refractivity contribution in [1.82, 2.24) is 5.32 Å². The lowest BCUT2D eigenvalue weighted by Crippen LogP contribution is -2.45. The standard InChI is InChI=1S/C65H127NO5/c1-3-5-7-9-11-13-15-17-19-20-21-22-23-24-25-27-30-33-37-41-45-49-53-57-63(68)62(61-67)66-64(69)58-54-50-46-42-38-34-31-28-26-29-32-36-40-44-48-52-56-60-71-65(70)59-55-51-47-43-39-35-18-16-14-12-10-8-6-4-2/h16,18,62-63,67-68H,3-15,17,19-61H2,1-2H3,(H,66,69)/b18-16-. The van der Waals surface area contributed by atoms with Crippen LogP contribution in [0.25, 0.3) is 0 Å². The number of aliphatic hydroxyl groups excluding tert-OH is 2. The summed E-state index contributed by atoms with van der Waals surface area (Å²) in [6.45, 7) is 4.96. The molecule has 0 spiro atoms. The van der Waals surface area contributed by atoms with Crippen LogP contribution >= 0.6 is 0 Å². The lowest BCUT2D eigenvalue weighted by atomic mass is 10.0.